The van der Waals surface area contributed by atoms with E-state index in [-0.39, 0.29) is 12.4 Å². The van der Waals surface area contributed by atoms with Crippen molar-refractivity contribution in [2.45, 2.75) is 13.5 Å². The van der Waals surface area contributed by atoms with Crippen LogP contribution in [0.3, 0.4) is 0 Å². The summed E-state index contributed by atoms with van der Waals surface area (Å²) in [6.07, 6.45) is 0. The summed E-state index contributed by atoms with van der Waals surface area (Å²) in [4.78, 5) is 7.60. The number of H-pyrrole nitrogens is 2. The lowest BCUT2D eigenvalue weighted by Gasteiger charge is -2.05. The molecule has 26 heavy (non-hydrogen) atoms. The van der Waals surface area contributed by atoms with Crippen LogP contribution in [0.2, 0.25) is 0 Å². The Hall–Kier alpha value is -3.19. The number of nitrogens with one attached hydrogen (secondary N) is 2. The molecule has 132 valence electrons. The zero-order valence-corrected chi connectivity index (χ0v) is 14.3. The van der Waals surface area contributed by atoms with Crippen molar-refractivity contribution >= 4 is 11.0 Å². The maximum atomic E-state index is 13.7. The second-order valence-corrected chi connectivity index (χ2v) is 6.10. The van der Waals surface area contributed by atoms with E-state index in [2.05, 4.69) is 20.2 Å². The standard InChI is InChI=1S/C19H17FN4O2/c1-10-3-16-17(7-14(10)20)22-19(21-16)18-8-15(23-24-18)12-4-11(9-25)5-13(6-12)26-2/h3-8,25H,9H2,1-2H3,(H,21,22)(H,23,24). The quantitative estimate of drug-likeness (QED) is 0.524. The van der Waals surface area contributed by atoms with Gasteiger partial charge in [0.25, 0.3) is 0 Å². The molecule has 2 heterocycles. The van der Waals surface area contributed by atoms with E-state index < -0.39 is 0 Å². The third-order valence-electron chi connectivity index (χ3n) is 4.28. The van der Waals surface area contributed by atoms with Crippen LogP contribution >= 0.6 is 0 Å². The average Bonchev–Trinajstić information content (AvgIpc) is 3.28. The molecule has 0 spiro atoms. The van der Waals surface area contributed by atoms with Gasteiger partial charge in [0, 0.05) is 11.6 Å². The van der Waals surface area contributed by atoms with Gasteiger partial charge in [-0.1, -0.05) is 0 Å². The van der Waals surface area contributed by atoms with Gasteiger partial charge in [-0.15, -0.1) is 0 Å². The summed E-state index contributed by atoms with van der Waals surface area (Å²) in [5, 5.41) is 16.7. The zero-order chi connectivity index (χ0) is 18.3. The highest BCUT2D eigenvalue weighted by Crippen LogP contribution is 2.28. The van der Waals surface area contributed by atoms with Gasteiger partial charge in [0.05, 0.1) is 30.4 Å². The first-order chi connectivity index (χ1) is 12.6. The minimum absolute atomic E-state index is 0.0873. The average molecular weight is 352 g/mol. The van der Waals surface area contributed by atoms with Crippen molar-refractivity contribution in [1.29, 1.82) is 0 Å². The van der Waals surface area contributed by atoms with E-state index in [1.54, 1.807) is 26.2 Å². The number of aromatic nitrogens is 4. The summed E-state index contributed by atoms with van der Waals surface area (Å²) in [5.74, 6) is 0.938. The number of halogens is 1. The largest absolute Gasteiger partial charge is 0.497 e. The molecular weight excluding hydrogens is 335 g/mol. The molecular formula is C19H17FN4O2. The van der Waals surface area contributed by atoms with Crippen LogP contribution in [0, 0.1) is 12.7 Å². The fraction of sp³-hybridized carbons (Fsp3) is 0.158. The minimum Gasteiger partial charge on any atom is -0.497 e. The van der Waals surface area contributed by atoms with E-state index in [4.69, 9.17) is 4.74 Å². The number of aliphatic hydroxyl groups is 1. The number of methoxy groups -OCH3 is 1. The summed E-state index contributed by atoms with van der Waals surface area (Å²) in [6.45, 7) is 1.63. The topological polar surface area (TPSA) is 86.8 Å². The van der Waals surface area contributed by atoms with Crippen molar-refractivity contribution in [2.75, 3.05) is 7.11 Å². The Morgan fingerprint density at radius 3 is 2.77 bits per heavy atom. The van der Waals surface area contributed by atoms with Gasteiger partial charge >= 0.3 is 0 Å². The van der Waals surface area contributed by atoms with Gasteiger partial charge in [-0.3, -0.25) is 5.10 Å². The van der Waals surface area contributed by atoms with E-state index in [9.17, 15) is 9.50 Å². The number of ether oxygens (including phenoxy) is 1. The highest BCUT2D eigenvalue weighted by Gasteiger charge is 2.12. The van der Waals surface area contributed by atoms with E-state index in [0.29, 0.717) is 34.0 Å². The monoisotopic (exact) mass is 352 g/mol. The molecule has 0 unspecified atom stereocenters. The molecule has 0 amide bonds. The molecule has 7 heteroatoms. The molecule has 0 saturated carbocycles. The van der Waals surface area contributed by atoms with Crippen molar-refractivity contribution in [2.24, 2.45) is 0 Å². The lowest BCUT2D eigenvalue weighted by Crippen LogP contribution is -1.90. The minimum atomic E-state index is -0.284. The summed E-state index contributed by atoms with van der Waals surface area (Å²) >= 11 is 0. The maximum absolute atomic E-state index is 13.7. The van der Waals surface area contributed by atoms with E-state index in [1.165, 1.54) is 6.07 Å². The summed E-state index contributed by atoms with van der Waals surface area (Å²) in [7, 11) is 1.58. The van der Waals surface area contributed by atoms with Crippen LogP contribution in [0.5, 0.6) is 5.75 Å². The van der Waals surface area contributed by atoms with Crippen LogP contribution in [0.25, 0.3) is 33.8 Å². The van der Waals surface area contributed by atoms with E-state index >= 15 is 0 Å². The third kappa shape index (κ3) is 2.82. The predicted molar refractivity (Wildman–Crippen MR) is 96.3 cm³/mol. The van der Waals surface area contributed by atoms with Gasteiger partial charge in [-0.25, -0.2) is 9.37 Å². The Labute approximate surface area is 148 Å². The lowest BCUT2D eigenvalue weighted by atomic mass is 10.1. The SMILES string of the molecule is COc1cc(CO)cc(-c2cc(-c3nc4cc(F)c(C)cc4[nH]3)[nH]n2)c1. The molecule has 3 N–H and O–H groups in total. The third-order valence-corrected chi connectivity index (χ3v) is 4.28. The summed E-state index contributed by atoms with van der Waals surface area (Å²) < 4.78 is 19.0. The van der Waals surface area contributed by atoms with Crippen LogP contribution in [-0.4, -0.2) is 32.4 Å². The second kappa shape index (κ2) is 6.27. The number of aryl methyl sites for hydroxylation is 1. The van der Waals surface area contributed by atoms with Crippen LogP contribution in [0.1, 0.15) is 11.1 Å². The highest BCUT2D eigenvalue weighted by atomic mass is 19.1. The van der Waals surface area contributed by atoms with Crippen LogP contribution in [-0.2, 0) is 6.61 Å². The zero-order valence-electron chi connectivity index (χ0n) is 14.3. The fourth-order valence-corrected chi connectivity index (χ4v) is 2.88. The predicted octanol–water partition coefficient (Wildman–Crippen LogP) is 3.57. The maximum Gasteiger partial charge on any atom is 0.156 e. The molecule has 0 aliphatic heterocycles. The van der Waals surface area contributed by atoms with Crippen molar-refractivity contribution in [3.8, 4) is 28.5 Å². The van der Waals surface area contributed by atoms with Crippen LogP contribution in [0.4, 0.5) is 4.39 Å². The molecule has 0 fully saturated rings. The van der Waals surface area contributed by atoms with Gasteiger partial charge in [-0.2, -0.15) is 5.10 Å². The van der Waals surface area contributed by atoms with Crippen LogP contribution in [0.15, 0.2) is 36.4 Å². The van der Waals surface area contributed by atoms with Crippen molar-refractivity contribution in [1.82, 2.24) is 20.2 Å². The molecule has 6 nitrogen and oxygen atoms in total. The Bertz CT molecular complexity index is 1040. The first-order valence-corrected chi connectivity index (χ1v) is 8.08. The fourth-order valence-electron chi connectivity index (χ4n) is 2.88. The van der Waals surface area contributed by atoms with Crippen molar-refractivity contribution in [3.63, 3.8) is 0 Å². The Morgan fingerprint density at radius 2 is 2.00 bits per heavy atom. The summed E-state index contributed by atoms with van der Waals surface area (Å²) in [5.41, 5.74) is 4.81. The molecule has 0 aliphatic rings. The van der Waals surface area contributed by atoms with Gasteiger partial charge in [0.15, 0.2) is 5.82 Å². The number of benzene rings is 2. The van der Waals surface area contributed by atoms with E-state index in [1.807, 2.05) is 18.2 Å². The van der Waals surface area contributed by atoms with Crippen molar-refractivity contribution in [3.05, 3.63) is 53.3 Å². The molecule has 4 aromatic rings. The molecule has 2 aromatic carbocycles. The Morgan fingerprint density at radius 1 is 1.15 bits per heavy atom. The normalized spacial score (nSPS) is 11.2. The molecule has 4 rings (SSSR count). The first kappa shape index (κ1) is 16.3. The highest BCUT2D eigenvalue weighted by molar-refractivity contribution is 5.80. The number of rotatable bonds is 4. The number of hydrogen-bond acceptors (Lipinski definition) is 4. The number of imidazole rings is 1. The molecule has 2 aromatic heterocycles. The molecule has 0 saturated heterocycles. The molecule has 0 bridgehead atoms. The smallest absolute Gasteiger partial charge is 0.156 e. The van der Waals surface area contributed by atoms with Gasteiger partial charge < -0.3 is 14.8 Å². The molecule has 0 atom stereocenters. The Balaban J connectivity index is 1.74. The van der Waals surface area contributed by atoms with Gasteiger partial charge in [-0.05, 0) is 48.4 Å². The number of fused-ring (bicyclic) bond motifs is 1. The first-order valence-electron chi connectivity index (χ1n) is 8.08. The van der Waals surface area contributed by atoms with Gasteiger partial charge in [0.1, 0.15) is 17.3 Å². The number of nitrogens with zero attached hydrogens (tertiary/aromatic N) is 2. The number of hydrogen-bond donors (Lipinski definition) is 3. The summed E-state index contributed by atoms with van der Waals surface area (Å²) in [6, 6.07) is 10.5. The molecule has 0 radical (unpaired) electrons. The Kier molecular flexibility index (Phi) is 3.93. The second-order valence-electron chi connectivity index (χ2n) is 6.10. The lowest BCUT2D eigenvalue weighted by molar-refractivity contribution is 0.281. The van der Waals surface area contributed by atoms with Gasteiger partial charge in [0.2, 0.25) is 0 Å². The number of aliphatic hydroxyl groups excluding tert-OH is 1. The van der Waals surface area contributed by atoms with Crippen LogP contribution < -0.4 is 4.74 Å². The van der Waals surface area contributed by atoms with E-state index in [0.717, 1.165) is 16.6 Å². The number of aromatic amines is 2. The van der Waals surface area contributed by atoms with Crippen molar-refractivity contribution < 1.29 is 14.2 Å². The molecule has 0 aliphatic carbocycles.